The van der Waals surface area contributed by atoms with Gasteiger partial charge in [-0.2, -0.15) is 0 Å². The topological polar surface area (TPSA) is 78.4 Å². The molecule has 2 aromatic rings. The molecule has 5 heteroatoms. The van der Waals surface area contributed by atoms with Crippen LogP contribution < -0.4 is 10.6 Å². The molecule has 0 fully saturated rings. The molecule has 23 heavy (non-hydrogen) atoms. The van der Waals surface area contributed by atoms with E-state index in [0.717, 1.165) is 5.56 Å². The Bertz CT molecular complexity index is 698. The van der Waals surface area contributed by atoms with Crippen molar-refractivity contribution in [3.8, 4) is 0 Å². The van der Waals surface area contributed by atoms with Crippen LogP contribution in [-0.4, -0.2) is 30.1 Å². The van der Waals surface area contributed by atoms with Crippen LogP contribution in [0.25, 0.3) is 0 Å². The lowest BCUT2D eigenvalue weighted by Gasteiger charge is -2.11. The predicted molar refractivity (Wildman–Crippen MR) is 89.6 cm³/mol. The average Bonchev–Trinajstić information content (AvgIpc) is 2.55. The molecule has 0 atom stereocenters. The molecular formula is C18H20N2O3. The zero-order valence-electron chi connectivity index (χ0n) is 13.0. The van der Waals surface area contributed by atoms with Gasteiger partial charge in [0.15, 0.2) is 0 Å². The van der Waals surface area contributed by atoms with E-state index in [-0.39, 0.29) is 18.4 Å². The minimum absolute atomic E-state index is 0.0199. The number of aliphatic hydroxyl groups excluding tert-OH is 1. The number of nitrogens with one attached hydrogen (secondary N) is 2. The Morgan fingerprint density at radius 3 is 2.57 bits per heavy atom. The monoisotopic (exact) mass is 312 g/mol. The molecule has 0 unspecified atom stereocenters. The third-order valence-electron chi connectivity index (χ3n) is 3.32. The lowest BCUT2D eigenvalue weighted by molar-refractivity contribution is 0.0952. The molecule has 2 aromatic carbocycles. The van der Waals surface area contributed by atoms with Gasteiger partial charge in [-0.15, -0.1) is 0 Å². The van der Waals surface area contributed by atoms with E-state index in [9.17, 15) is 9.59 Å². The summed E-state index contributed by atoms with van der Waals surface area (Å²) in [6.45, 7) is 2.32. The minimum Gasteiger partial charge on any atom is -0.396 e. The Balaban J connectivity index is 2.14. The summed E-state index contributed by atoms with van der Waals surface area (Å²) in [5.41, 5.74) is 2.39. The van der Waals surface area contributed by atoms with E-state index < -0.39 is 0 Å². The third kappa shape index (κ3) is 4.66. The van der Waals surface area contributed by atoms with Gasteiger partial charge in [0.05, 0.1) is 11.3 Å². The molecule has 0 saturated carbocycles. The second-order valence-electron chi connectivity index (χ2n) is 5.20. The Labute approximate surface area is 135 Å². The summed E-state index contributed by atoms with van der Waals surface area (Å²) in [6.07, 6.45) is 0.490. The van der Waals surface area contributed by atoms with E-state index in [4.69, 9.17) is 5.11 Å². The normalized spacial score (nSPS) is 10.2. The first kappa shape index (κ1) is 16.7. The van der Waals surface area contributed by atoms with Crippen LogP contribution in [-0.2, 0) is 0 Å². The first-order valence-electron chi connectivity index (χ1n) is 7.48. The van der Waals surface area contributed by atoms with E-state index in [1.165, 1.54) is 0 Å². The number of rotatable bonds is 6. The number of para-hydroxylation sites is 1. The maximum absolute atomic E-state index is 12.3. The Kier molecular flexibility index (Phi) is 5.88. The number of carbonyl (C=O) groups is 2. The molecule has 2 rings (SSSR count). The summed E-state index contributed by atoms with van der Waals surface area (Å²) in [7, 11) is 0. The highest BCUT2D eigenvalue weighted by molar-refractivity contribution is 6.09. The Hall–Kier alpha value is -2.66. The number of carbonyl (C=O) groups excluding carboxylic acids is 2. The van der Waals surface area contributed by atoms with Crippen LogP contribution in [0.3, 0.4) is 0 Å². The van der Waals surface area contributed by atoms with Gasteiger partial charge in [0.1, 0.15) is 0 Å². The highest BCUT2D eigenvalue weighted by atomic mass is 16.3. The van der Waals surface area contributed by atoms with Crippen LogP contribution in [0, 0.1) is 6.92 Å². The molecule has 0 spiro atoms. The fourth-order valence-corrected chi connectivity index (χ4v) is 2.15. The summed E-state index contributed by atoms with van der Waals surface area (Å²) >= 11 is 0. The van der Waals surface area contributed by atoms with Crippen molar-refractivity contribution in [3.63, 3.8) is 0 Å². The summed E-state index contributed by atoms with van der Waals surface area (Å²) in [5.74, 6) is -0.539. The van der Waals surface area contributed by atoms with Gasteiger partial charge in [0, 0.05) is 18.7 Å². The fraction of sp³-hybridized carbons (Fsp3) is 0.222. The first-order chi connectivity index (χ1) is 11.1. The predicted octanol–water partition coefficient (Wildman–Crippen LogP) is 2.36. The highest BCUT2D eigenvalue weighted by Gasteiger charge is 2.13. The second kappa shape index (κ2) is 8.10. The zero-order valence-corrected chi connectivity index (χ0v) is 13.0. The largest absolute Gasteiger partial charge is 0.396 e. The van der Waals surface area contributed by atoms with Crippen molar-refractivity contribution in [2.75, 3.05) is 18.5 Å². The quantitative estimate of drug-likeness (QED) is 0.717. The number of aryl methyl sites for hydroxylation is 1. The van der Waals surface area contributed by atoms with Crippen molar-refractivity contribution in [2.24, 2.45) is 0 Å². The van der Waals surface area contributed by atoms with E-state index in [1.54, 1.807) is 36.4 Å². The first-order valence-corrected chi connectivity index (χ1v) is 7.48. The van der Waals surface area contributed by atoms with Gasteiger partial charge in [-0.05, 0) is 37.6 Å². The van der Waals surface area contributed by atoms with Crippen LogP contribution in [0.4, 0.5) is 5.69 Å². The molecule has 0 saturated heterocycles. The van der Waals surface area contributed by atoms with Gasteiger partial charge in [-0.25, -0.2) is 0 Å². The highest BCUT2D eigenvalue weighted by Crippen LogP contribution is 2.16. The molecule has 0 aromatic heterocycles. The molecule has 0 aliphatic heterocycles. The number of hydrogen-bond acceptors (Lipinski definition) is 3. The van der Waals surface area contributed by atoms with Gasteiger partial charge < -0.3 is 15.7 Å². The number of benzene rings is 2. The SMILES string of the molecule is Cc1cccc(C(=O)Nc2ccccc2C(=O)NCCCO)c1. The van der Waals surface area contributed by atoms with E-state index >= 15 is 0 Å². The minimum atomic E-state index is -0.279. The van der Waals surface area contributed by atoms with Crippen molar-refractivity contribution in [1.29, 1.82) is 0 Å². The molecule has 2 amide bonds. The number of aliphatic hydroxyl groups is 1. The number of hydrogen-bond donors (Lipinski definition) is 3. The Morgan fingerprint density at radius 1 is 1.04 bits per heavy atom. The maximum atomic E-state index is 12.3. The smallest absolute Gasteiger partial charge is 0.255 e. The molecule has 120 valence electrons. The van der Waals surface area contributed by atoms with Crippen LogP contribution in [0.1, 0.15) is 32.7 Å². The van der Waals surface area contributed by atoms with Gasteiger partial charge in [0.25, 0.3) is 11.8 Å². The molecule has 0 bridgehead atoms. The van der Waals surface area contributed by atoms with E-state index in [0.29, 0.717) is 29.8 Å². The lowest BCUT2D eigenvalue weighted by atomic mass is 10.1. The Morgan fingerprint density at radius 2 is 1.83 bits per heavy atom. The van der Waals surface area contributed by atoms with E-state index in [1.807, 2.05) is 19.1 Å². The molecule has 0 radical (unpaired) electrons. The summed E-state index contributed by atoms with van der Waals surface area (Å²) in [6, 6.07) is 14.1. The number of amides is 2. The summed E-state index contributed by atoms with van der Waals surface area (Å²) in [5, 5.41) is 14.3. The summed E-state index contributed by atoms with van der Waals surface area (Å²) in [4.78, 5) is 24.5. The van der Waals surface area contributed by atoms with Gasteiger partial charge in [-0.1, -0.05) is 29.8 Å². The maximum Gasteiger partial charge on any atom is 0.255 e. The standard InChI is InChI=1S/C18H20N2O3/c1-13-6-4-7-14(12-13)17(22)20-16-9-3-2-8-15(16)18(23)19-10-5-11-21/h2-4,6-9,12,21H,5,10-11H2,1H3,(H,19,23)(H,20,22). The average molecular weight is 312 g/mol. The van der Waals surface area contributed by atoms with Gasteiger partial charge in [-0.3, -0.25) is 9.59 Å². The van der Waals surface area contributed by atoms with Crippen molar-refractivity contribution in [3.05, 3.63) is 65.2 Å². The number of anilines is 1. The van der Waals surface area contributed by atoms with E-state index in [2.05, 4.69) is 10.6 Å². The van der Waals surface area contributed by atoms with Crippen LogP contribution in [0.5, 0.6) is 0 Å². The lowest BCUT2D eigenvalue weighted by Crippen LogP contribution is -2.26. The summed E-state index contributed by atoms with van der Waals surface area (Å²) < 4.78 is 0. The van der Waals surface area contributed by atoms with Crippen LogP contribution in [0.2, 0.25) is 0 Å². The third-order valence-corrected chi connectivity index (χ3v) is 3.32. The van der Waals surface area contributed by atoms with Crippen LogP contribution in [0.15, 0.2) is 48.5 Å². The van der Waals surface area contributed by atoms with Crippen molar-refractivity contribution in [1.82, 2.24) is 5.32 Å². The molecule has 0 heterocycles. The van der Waals surface area contributed by atoms with Crippen LogP contribution >= 0.6 is 0 Å². The zero-order chi connectivity index (χ0) is 16.7. The molecule has 0 aliphatic rings. The fourth-order valence-electron chi connectivity index (χ4n) is 2.15. The molecular weight excluding hydrogens is 292 g/mol. The molecule has 3 N–H and O–H groups in total. The van der Waals surface area contributed by atoms with Crippen molar-refractivity contribution < 1.29 is 14.7 Å². The van der Waals surface area contributed by atoms with Crippen molar-refractivity contribution in [2.45, 2.75) is 13.3 Å². The van der Waals surface area contributed by atoms with Gasteiger partial charge in [0.2, 0.25) is 0 Å². The molecule has 5 nitrogen and oxygen atoms in total. The van der Waals surface area contributed by atoms with Gasteiger partial charge >= 0.3 is 0 Å². The molecule has 0 aliphatic carbocycles. The second-order valence-corrected chi connectivity index (χ2v) is 5.20. The van der Waals surface area contributed by atoms with Crippen molar-refractivity contribution >= 4 is 17.5 Å².